The molecule has 0 aliphatic carbocycles. The van der Waals surface area contributed by atoms with Gasteiger partial charge in [-0.05, 0) is 29.7 Å². The van der Waals surface area contributed by atoms with Crippen molar-refractivity contribution < 1.29 is 37.0 Å². The number of fused-ring (bicyclic) bond motifs is 3. The van der Waals surface area contributed by atoms with Crippen molar-refractivity contribution in [2.75, 3.05) is 19.5 Å². The van der Waals surface area contributed by atoms with E-state index in [0.717, 1.165) is 12.1 Å². The van der Waals surface area contributed by atoms with Gasteiger partial charge >= 0.3 is 17.7 Å². The molecule has 0 fully saturated rings. The predicted octanol–water partition coefficient (Wildman–Crippen LogP) is 4.82. The quantitative estimate of drug-likeness (QED) is 0.439. The lowest BCUT2D eigenvalue weighted by Crippen LogP contribution is -2.51. The summed E-state index contributed by atoms with van der Waals surface area (Å²) in [7, 11) is 2.84. The summed E-state index contributed by atoms with van der Waals surface area (Å²) in [4.78, 5) is 25.2. The molecule has 1 heterocycles. The predicted molar refractivity (Wildman–Crippen MR) is 115 cm³/mol. The van der Waals surface area contributed by atoms with Crippen molar-refractivity contribution in [2.24, 2.45) is 0 Å². The molecule has 9 heteroatoms. The van der Waals surface area contributed by atoms with E-state index < -0.39 is 29.2 Å². The van der Waals surface area contributed by atoms with Crippen molar-refractivity contribution in [3.63, 3.8) is 0 Å². The SMILES string of the molecule is COc1ccc(OC)c(/C=C/C(=O)O[C@]2(C(F)(F)F)C(=O)Nc3c2ccc2ccccc32)c1. The number of benzene rings is 3. The van der Waals surface area contributed by atoms with Crippen LogP contribution < -0.4 is 14.8 Å². The van der Waals surface area contributed by atoms with Crippen LogP contribution in [0.15, 0.2) is 60.7 Å². The number of methoxy groups -OCH3 is 2. The molecule has 0 spiro atoms. The first-order chi connectivity index (χ1) is 15.7. The van der Waals surface area contributed by atoms with Gasteiger partial charge in [-0.25, -0.2) is 4.79 Å². The number of ether oxygens (including phenoxy) is 3. The summed E-state index contributed by atoms with van der Waals surface area (Å²) >= 11 is 0. The van der Waals surface area contributed by atoms with E-state index >= 15 is 0 Å². The molecule has 3 aromatic rings. The largest absolute Gasteiger partial charge is 0.497 e. The Kier molecular flexibility index (Phi) is 5.49. The number of carbonyl (C=O) groups excluding carboxylic acids is 2. The maximum absolute atomic E-state index is 14.3. The number of halogens is 3. The minimum atomic E-state index is -5.21. The highest BCUT2D eigenvalue weighted by Crippen LogP contribution is 2.51. The van der Waals surface area contributed by atoms with E-state index in [2.05, 4.69) is 5.32 Å². The Bertz CT molecular complexity index is 1280. The van der Waals surface area contributed by atoms with Gasteiger partial charge < -0.3 is 19.5 Å². The zero-order chi connectivity index (χ0) is 23.8. The van der Waals surface area contributed by atoms with Crippen molar-refractivity contribution in [3.8, 4) is 11.5 Å². The molecule has 1 atom stereocenters. The topological polar surface area (TPSA) is 73.9 Å². The lowest BCUT2D eigenvalue weighted by atomic mass is 9.92. The van der Waals surface area contributed by atoms with Gasteiger partial charge in [-0.1, -0.05) is 36.4 Å². The van der Waals surface area contributed by atoms with Gasteiger partial charge in [-0.15, -0.1) is 0 Å². The van der Waals surface area contributed by atoms with Crippen LogP contribution in [0.4, 0.5) is 18.9 Å². The van der Waals surface area contributed by atoms with Gasteiger partial charge in [0.1, 0.15) is 11.5 Å². The number of anilines is 1. The van der Waals surface area contributed by atoms with E-state index in [0.29, 0.717) is 27.8 Å². The van der Waals surface area contributed by atoms with Gasteiger partial charge in [-0.3, -0.25) is 4.79 Å². The number of hydrogen-bond donors (Lipinski definition) is 1. The molecule has 0 aromatic heterocycles. The standard InChI is InChI=1S/C24H18F3NO5/c1-31-16-9-11-19(32-2)15(13-16)8-12-20(29)33-23(24(25,26)27)18-10-7-14-5-3-4-6-17(14)21(18)28-22(23)30/h3-13H,1-2H3,(H,28,30)/b12-8+/t23-/m0/s1. The summed E-state index contributed by atoms with van der Waals surface area (Å²) in [5, 5.41) is 3.29. The van der Waals surface area contributed by atoms with Crippen LogP contribution in [0.2, 0.25) is 0 Å². The molecule has 3 aromatic carbocycles. The molecule has 1 amide bonds. The molecule has 0 radical (unpaired) electrons. The van der Waals surface area contributed by atoms with E-state index in [1.54, 1.807) is 36.4 Å². The molecule has 4 rings (SSSR count). The minimum Gasteiger partial charge on any atom is -0.497 e. The van der Waals surface area contributed by atoms with E-state index in [4.69, 9.17) is 14.2 Å². The first-order valence-electron chi connectivity index (χ1n) is 9.74. The van der Waals surface area contributed by atoms with Crippen LogP contribution in [-0.4, -0.2) is 32.3 Å². The highest BCUT2D eigenvalue weighted by atomic mass is 19.4. The zero-order valence-corrected chi connectivity index (χ0v) is 17.5. The van der Waals surface area contributed by atoms with E-state index in [1.807, 2.05) is 0 Å². The van der Waals surface area contributed by atoms with Gasteiger partial charge in [0.05, 0.1) is 19.9 Å². The maximum Gasteiger partial charge on any atom is 0.442 e. The van der Waals surface area contributed by atoms with Crippen LogP contribution in [0.5, 0.6) is 11.5 Å². The normalized spacial score (nSPS) is 17.7. The lowest BCUT2D eigenvalue weighted by Gasteiger charge is -2.29. The molecule has 33 heavy (non-hydrogen) atoms. The molecule has 1 N–H and O–H groups in total. The summed E-state index contributed by atoms with van der Waals surface area (Å²) in [6.07, 6.45) is -3.18. The molecular formula is C24H18F3NO5. The van der Waals surface area contributed by atoms with E-state index in [1.165, 1.54) is 32.4 Å². The second-order valence-electron chi connectivity index (χ2n) is 7.20. The van der Waals surface area contributed by atoms with Gasteiger partial charge in [0.25, 0.3) is 5.91 Å². The maximum atomic E-state index is 14.3. The molecule has 0 bridgehead atoms. The van der Waals surface area contributed by atoms with Crippen LogP contribution in [0.3, 0.4) is 0 Å². The minimum absolute atomic E-state index is 0.0401. The summed E-state index contributed by atoms with van der Waals surface area (Å²) < 4.78 is 58.0. The van der Waals surface area contributed by atoms with Gasteiger partial charge in [0, 0.05) is 22.6 Å². The van der Waals surface area contributed by atoms with Crippen LogP contribution in [-0.2, 0) is 19.9 Å². The first-order valence-corrected chi connectivity index (χ1v) is 9.74. The fourth-order valence-electron chi connectivity index (χ4n) is 3.78. The van der Waals surface area contributed by atoms with Crippen molar-refractivity contribution in [1.29, 1.82) is 0 Å². The number of nitrogens with one attached hydrogen (secondary N) is 1. The third kappa shape index (κ3) is 3.65. The Hall–Kier alpha value is -4.01. The lowest BCUT2D eigenvalue weighted by molar-refractivity contribution is -0.260. The molecule has 170 valence electrons. The third-order valence-corrected chi connectivity index (χ3v) is 5.36. The summed E-state index contributed by atoms with van der Waals surface area (Å²) in [6.45, 7) is 0. The Balaban J connectivity index is 1.74. The van der Waals surface area contributed by atoms with Crippen molar-refractivity contribution in [2.45, 2.75) is 11.8 Å². The van der Waals surface area contributed by atoms with E-state index in [9.17, 15) is 22.8 Å². The van der Waals surface area contributed by atoms with Gasteiger partial charge in [0.15, 0.2) is 0 Å². The van der Waals surface area contributed by atoms with Crippen LogP contribution in [0.1, 0.15) is 11.1 Å². The average Bonchev–Trinajstić information content (AvgIpc) is 3.10. The molecule has 1 aliphatic rings. The number of rotatable bonds is 5. The summed E-state index contributed by atoms with van der Waals surface area (Å²) in [5.41, 5.74) is -3.62. The molecule has 0 saturated carbocycles. The second kappa shape index (κ2) is 8.16. The summed E-state index contributed by atoms with van der Waals surface area (Å²) in [5.74, 6) is -2.03. The molecule has 6 nitrogen and oxygen atoms in total. The van der Waals surface area contributed by atoms with Crippen molar-refractivity contribution in [1.82, 2.24) is 0 Å². The Morgan fingerprint density at radius 2 is 1.79 bits per heavy atom. The van der Waals surface area contributed by atoms with Crippen molar-refractivity contribution >= 4 is 34.4 Å². The molecule has 1 aliphatic heterocycles. The zero-order valence-electron chi connectivity index (χ0n) is 17.5. The number of hydrogen-bond acceptors (Lipinski definition) is 5. The molecule has 0 saturated heterocycles. The third-order valence-electron chi connectivity index (χ3n) is 5.36. The Labute approximate surface area is 186 Å². The summed E-state index contributed by atoms with van der Waals surface area (Å²) in [6, 6.07) is 14.0. The second-order valence-corrected chi connectivity index (χ2v) is 7.20. The number of esters is 1. The monoisotopic (exact) mass is 457 g/mol. The average molecular weight is 457 g/mol. The first kappa shape index (κ1) is 22.2. The van der Waals surface area contributed by atoms with Crippen molar-refractivity contribution in [3.05, 3.63) is 71.8 Å². The highest BCUT2D eigenvalue weighted by Gasteiger charge is 2.68. The molecule has 0 unspecified atom stereocenters. The van der Waals surface area contributed by atoms with Gasteiger partial charge in [0.2, 0.25) is 0 Å². The highest BCUT2D eigenvalue weighted by molar-refractivity contribution is 6.14. The molecular weight excluding hydrogens is 439 g/mol. The fourth-order valence-corrected chi connectivity index (χ4v) is 3.78. The van der Waals surface area contributed by atoms with Crippen LogP contribution in [0.25, 0.3) is 16.8 Å². The van der Waals surface area contributed by atoms with E-state index in [-0.39, 0.29) is 5.69 Å². The van der Waals surface area contributed by atoms with Crippen LogP contribution in [0, 0.1) is 0 Å². The van der Waals surface area contributed by atoms with Gasteiger partial charge in [-0.2, -0.15) is 13.2 Å². The van der Waals surface area contributed by atoms with Crippen LogP contribution >= 0.6 is 0 Å². The number of carbonyl (C=O) groups is 2. The Morgan fingerprint density at radius 3 is 2.48 bits per heavy atom. The fraction of sp³-hybridized carbons (Fsp3) is 0.167. The number of amides is 1. The smallest absolute Gasteiger partial charge is 0.442 e. The number of alkyl halides is 3. The Morgan fingerprint density at radius 1 is 1.03 bits per heavy atom.